The van der Waals surface area contributed by atoms with Crippen LogP contribution in [0, 0.1) is 0 Å². The Kier molecular flexibility index (Phi) is 4.80. The summed E-state index contributed by atoms with van der Waals surface area (Å²) in [5.41, 5.74) is 2.84. The predicted molar refractivity (Wildman–Crippen MR) is 120 cm³/mol. The number of aromatic amines is 1. The number of fused-ring (bicyclic) bond motifs is 1. The number of imide groups is 1. The van der Waals surface area contributed by atoms with Crippen molar-refractivity contribution in [1.29, 1.82) is 0 Å². The monoisotopic (exact) mass is 450 g/mol. The molecule has 0 unspecified atom stereocenters. The average molecular weight is 451 g/mol. The van der Waals surface area contributed by atoms with Gasteiger partial charge in [0, 0.05) is 27.1 Å². The SMILES string of the molecule is O=C1CNC(=O)N1Cc1ccc(-c2nc3scc(-c4ccccc4Cl)c3c(=O)[nH]2)cc1. The molecule has 0 bridgehead atoms. The number of hydrogen-bond donors (Lipinski definition) is 2. The van der Waals surface area contributed by atoms with Gasteiger partial charge in [0.15, 0.2) is 0 Å². The second-order valence-corrected chi connectivity index (χ2v) is 8.32. The summed E-state index contributed by atoms with van der Waals surface area (Å²) in [6.45, 7) is 0.221. The molecule has 0 atom stereocenters. The third-order valence-electron chi connectivity index (χ3n) is 5.11. The van der Waals surface area contributed by atoms with Crippen molar-refractivity contribution in [3.63, 3.8) is 0 Å². The molecule has 2 aromatic heterocycles. The van der Waals surface area contributed by atoms with E-state index in [1.54, 1.807) is 18.2 Å². The number of nitrogens with one attached hydrogen (secondary N) is 2. The minimum Gasteiger partial charge on any atom is -0.329 e. The third kappa shape index (κ3) is 3.49. The first kappa shape index (κ1) is 19.5. The number of halogens is 1. The minimum atomic E-state index is -0.391. The Labute approximate surface area is 185 Å². The summed E-state index contributed by atoms with van der Waals surface area (Å²) in [5.74, 6) is 0.198. The van der Waals surface area contributed by atoms with Gasteiger partial charge in [-0.15, -0.1) is 11.3 Å². The number of thiophene rings is 1. The summed E-state index contributed by atoms with van der Waals surface area (Å²) in [6, 6.07) is 14.2. The lowest BCUT2D eigenvalue weighted by Gasteiger charge is -2.12. The zero-order chi connectivity index (χ0) is 21.5. The molecule has 1 aliphatic rings. The molecule has 1 fully saturated rings. The van der Waals surface area contributed by atoms with Gasteiger partial charge in [-0.3, -0.25) is 14.5 Å². The number of H-pyrrole nitrogens is 1. The topological polar surface area (TPSA) is 95.2 Å². The smallest absolute Gasteiger partial charge is 0.324 e. The zero-order valence-electron chi connectivity index (χ0n) is 16.0. The van der Waals surface area contributed by atoms with Crippen LogP contribution in [0.4, 0.5) is 4.79 Å². The van der Waals surface area contributed by atoms with Gasteiger partial charge in [-0.25, -0.2) is 9.78 Å². The Balaban J connectivity index is 1.47. The van der Waals surface area contributed by atoms with Crippen LogP contribution in [0.1, 0.15) is 5.56 Å². The van der Waals surface area contributed by atoms with Crippen LogP contribution >= 0.6 is 22.9 Å². The normalized spacial score (nSPS) is 13.8. The molecule has 0 spiro atoms. The number of aromatic nitrogens is 2. The maximum Gasteiger partial charge on any atom is 0.324 e. The maximum absolute atomic E-state index is 12.9. The molecule has 3 heterocycles. The molecule has 5 rings (SSSR count). The highest BCUT2D eigenvalue weighted by Gasteiger charge is 2.28. The van der Waals surface area contributed by atoms with Crippen molar-refractivity contribution in [2.24, 2.45) is 0 Å². The van der Waals surface area contributed by atoms with Gasteiger partial charge in [-0.1, -0.05) is 54.1 Å². The Hall–Kier alpha value is -3.49. The van der Waals surface area contributed by atoms with Crippen molar-refractivity contribution in [3.8, 4) is 22.5 Å². The lowest BCUT2D eigenvalue weighted by Crippen LogP contribution is -2.30. The van der Waals surface area contributed by atoms with Crippen molar-refractivity contribution in [2.45, 2.75) is 6.54 Å². The average Bonchev–Trinajstić information content (AvgIpc) is 3.33. The summed E-state index contributed by atoms with van der Waals surface area (Å²) in [7, 11) is 0. The van der Waals surface area contributed by atoms with E-state index >= 15 is 0 Å². The molecule has 154 valence electrons. The predicted octanol–water partition coefficient (Wildman–Crippen LogP) is 4.02. The highest BCUT2D eigenvalue weighted by atomic mass is 35.5. The van der Waals surface area contributed by atoms with Crippen molar-refractivity contribution in [3.05, 3.63) is 74.9 Å². The summed E-state index contributed by atoms with van der Waals surface area (Å²) in [4.78, 5) is 45.6. The molecule has 1 aliphatic heterocycles. The first-order valence-corrected chi connectivity index (χ1v) is 10.7. The van der Waals surface area contributed by atoms with E-state index < -0.39 is 6.03 Å². The lowest BCUT2D eigenvalue weighted by atomic mass is 10.1. The van der Waals surface area contributed by atoms with Crippen LogP contribution in [-0.4, -0.2) is 33.4 Å². The van der Waals surface area contributed by atoms with E-state index in [2.05, 4.69) is 15.3 Å². The number of rotatable bonds is 4. The summed E-state index contributed by atoms with van der Waals surface area (Å²) in [5, 5.41) is 5.47. The highest BCUT2D eigenvalue weighted by molar-refractivity contribution is 7.17. The van der Waals surface area contributed by atoms with Crippen molar-refractivity contribution >= 4 is 45.1 Å². The van der Waals surface area contributed by atoms with E-state index in [4.69, 9.17) is 11.6 Å². The molecule has 2 aromatic carbocycles. The number of hydrogen-bond acceptors (Lipinski definition) is 5. The van der Waals surface area contributed by atoms with Crippen LogP contribution in [-0.2, 0) is 11.3 Å². The van der Waals surface area contributed by atoms with Crippen LogP contribution in [0.5, 0.6) is 0 Å². The van der Waals surface area contributed by atoms with E-state index in [-0.39, 0.29) is 24.6 Å². The Morgan fingerprint density at radius 2 is 1.81 bits per heavy atom. The molecular formula is C22H15ClN4O3S. The van der Waals surface area contributed by atoms with Gasteiger partial charge in [0.05, 0.1) is 18.5 Å². The Morgan fingerprint density at radius 3 is 2.52 bits per heavy atom. The molecule has 3 amide bonds. The van der Waals surface area contributed by atoms with Crippen LogP contribution in [0.3, 0.4) is 0 Å². The fourth-order valence-corrected chi connectivity index (χ4v) is 4.71. The molecular weight excluding hydrogens is 436 g/mol. The molecule has 0 saturated carbocycles. The molecule has 0 radical (unpaired) electrons. The van der Waals surface area contributed by atoms with Crippen LogP contribution in [0.15, 0.2) is 58.7 Å². The lowest BCUT2D eigenvalue weighted by molar-refractivity contribution is -0.125. The number of urea groups is 1. The zero-order valence-corrected chi connectivity index (χ0v) is 17.6. The van der Waals surface area contributed by atoms with Gasteiger partial charge in [-0.05, 0) is 11.6 Å². The Morgan fingerprint density at radius 1 is 1.03 bits per heavy atom. The molecule has 4 aromatic rings. The summed E-state index contributed by atoms with van der Waals surface area (Å²) < 4.78 is 0. The quantitative estimate of drug-likeness (QED) is 0.459. The molecule has 9 heteroatoms. The minimum absolute atomic E-state index is 0.0269. The number of amides is 3. The number of carbonyl (C=O) groups excluding carboxylic acids is 2. The Bertz CT molecular complexity index is 1380. The second-order valence-electron chi connectivity index (χ2n) is 7.06. The summed E-state index contributed by atoms with van der Waals surface area (Å²) >= 11 is 7.70. The maximum atomic E-state index is 12.9. The standard InChI is InChI=1S/C22H15ClN4O3S/c23-16-4-2-1-3-14(16)15-11-31-21-18(15)20(29)25-19(26-21)13-7-5-12(6-8-13)10-27-17(28)9-24-22(27)30/h1-8,11H,9-10H2,(H,24,30)(H,25,26,29). The van der Waals surface area contributed by atoms with E-state index in [0.29, 0.717) is 21.1 Å². The molecule has 1 saturated heterocycles. The molecule has 0 aliphatic carbocycles. The molecule has 2 N–H and O–H groups in total. The summed E-state index contributed by atoms with van der Waals surface area (Å²) in [6.07, 6.45) is 0. The van der Waals surface area contributed by atoms with Gasteiger partial charge in [0.1, 0.15) is 10.7 Å². The van der Waals surface area contributed by atoms with Crippen LogP contribution in [0.25, 0.3) is 32.7 Å². The molecule has 31 heavy (non-hydrogen) atoms. The van der Waals surface area contributed by atoms with E-state index in [1.165, 1.54) is 16.2 Å². The third-order valence-corrected chi connectivity index (χ3v) is 6.31. The first-order valence-electron chi connectivity index (χ1n) is 9.45. The fourth-order valence-electron chi connectivity index (χ4n) is 3.53. The number of carbonyl (C=O) groups is 2. The van der Waals surface area contributed by atoms with Gasteiger partial charge in [0.2, 0.25) is 5.91 Å². The fraction of sp³-hybridized carbons (Fsp3) is 0.0909. The van der Waals surface area contributed by atoms with E-state index in [9.17, 15) is 14.4 Å². The van der Waals surface area contributed by atoms with Gasteiger partial charge >= 0.3 is 6.03 Å². The van der Waals surface area contributed by atoms with Crippen molar-refractivity contribution < 1.29 is 9.59 Å². The van der Waals surface area contributed by atoms with Gasteiger partial charge < -0.3 is 10.3 Å². The molecule has 7 nitrogen and oxygen atoms in total. The van der Waals surface area contributed by atoms with Crippen molar-refractivity contribution in [2.75, 3.05) is 6.54 Å². The van der Waals surface area contributed by atoms with Gasteiger partial charge in [-0.2, -0.15) is 0 Å². The second kappa shape index (κ2) is 7.64. The van der Waals surface area contributed by atoms with Crippen LogP contribution in [0.2, 0.25) is 5.02 Å². The largest absolute Gasteiger partial charge is 0.329 e. The van der Waals surface area contributed by atoms with Crippen LogP contribution < -0.4 is 10.9 Å². The van der Waals surface area contributed by atoms with Gasteiger partial charge in [0.25, 0.3) is 5.56 Å². The van der Waals surface area contributed by atoms with E-state index in [1.807, 2.05) is 35.7 Å². The van der Waals surface area contributed by atoms with Crippen molar-refractivity contribution in [1.82, 2.24) is 20.2 Å². The first-order chi connectivity index (χ1) is 15.0. The van der Waals surface area contributed by atoms with E-state index in [0.717, 1.165) is 22.3 Å². The highest BCUT2D eigenvalue weighted by Crippen LogP contribution is 2.35. The number of nitrogens with zero attached hydrogens (tertiary/aromatic N) is 2. The number of benzene rings is 2.